The molecule has 5 nitrogen and oxygen atoms in total. The van der Waals surface area contributed by atoms with Crippen LogP contribution in [0.4, 0.5) is 4.79 Å². The van der Waals surface area contributed by atoms with Crippen molar-refractivity contribution < 1.29 is 93.6 Å². The van der Waals surface area contributed by atoms with E-state index in [4.69, 9.17) is 21.7 Å². The molecule has 0 bridgehead atoms. The molecule has 0 aromatic heterocycles. The van der Waals surface area contributed by atoms with Crippen LogP contribution < -0.4 is 51.4 Å². The molecule has 0 aliphatic heterocycles. The molecule has 0 fully saturated rings. The predicted molar refractivity (Wildman–Crippen MR) is 13.1 cm³/mol. The van der Waals surface area contributed by atoms with Gasteiger partial charge in [0.05, 0.1) is 0 Å². The van der Waals surface area contributed by atoms with E-state index < -0.39 is 25.2 Å². The Hall–Kier alpha value is 1.22. The van der Waals surface area contributed by atoms with Gasteiger partial charge in [-0.1, -0.05) is 0 Å². The van der Waals surface area contributed by atoms with E-state index in [2.05, 4.69) is 0 Å². The Kier molecular flexibility index (Phi) is 31.7. The standard InChI is InChI=1S/CH2O3.K.2O.Ti.H/c2-1(3)4;;;;;/h(H2,2,3,4);;;;;/q;+1;;;;-1. The van der Waals surface area contributed by atoms with Crippen molar-refractivity contribution in [2.45, 2.75) is 0 Å². The Morgan fingerprint density at radius 3 is 1.38 bits per heavy atom. The molecule has 0 unspecified atom stereocenters. The first-order valence-corrected chi connectivity index (χ1v) is 2.33. The van der Waals surface area contributed by atoms with Gasteiger partial charge in [-0.25, -0.2) is 4.79 Å². The van der Waals surface area contributed by atoms with Gasteiger partial charge in [0.15, 0.2) is 0 Å². The van der Waals surface area contributed by atoms with Gasteiger partial charge in [-0.2, -0.15) is 0 Å². The third-order valence-corrected chi connectivity index (χ3v) is 0. The molecule has 42 valence electrons. The van der Waals surface area contributed by atoms with Gasteiger partial charge in [-0.15, -0.1) is 0 Å². The van der Waals surface area contributed by atoms with Crippen LogP contribution in [0.15, 0.2) is 0 Å². The van der Waals surface area contributed by atoms with E-state index in [1.165, 1.54) is 0 Å². The number of hydrogen-bond acceptors (Lipinski definition) is 3. The maximum atomic E-state index is 8.56. The van der Waals surface area contributed by atoms with Gasteiger partial charge in [-0.3, -0.25) is 0 Å². The van der Waals surface area contributed by atoms with Gasteiger partial charge >= 0.3 is 83.3 Å². The zero-order valence-corrected chi connectivity index (χ0v) is 8.80. The van der Waals surface area contributed by atoms with Crippen LogP contribution in [0.5, 0.6) is 0 Å². The second-order valence-electron chi connectivity index (χ2n) is 0.366. The van der Waals surface area contributed by atoms with Crippen LogP contribution in [-0.2, 0) is 25.7 Å². The van der Waals surface area contributed by atoms with Crippen molar-refractivity contribution in [2.75, 3.05) is 0 Å². The van der Waals surface area contributed by atoms with Gasteiger partial charge < -0.3 is 11.6 Å². The van der Waals surface area contributed by atoms with Gasteiger partial charge in [0.1, 0.15) is 0 Å². The molecule has 0 amide bonds. The second-order valence-corrected chi connectivity index (χ2v) is 0.626. The summed E-state index contributed by atoms with van der Waals surface area (Å²) in [6, 6.07) is 0. The van der Waals surface area contributed by atoms with E-state index in [1.807, 2.05) is 0 Å². The van der Waals surface area contributed by atoms with Crippen LogP contribution in [0.3, 0.4) is 0 Å². The molecule has 7 heteroatoms. The van der Waals surface area contributed by atoms with Crippen molar-refractivity contribution in [3.8, 4) is 0 Å². The monoisotopic (exact) mass is 182 g/mol. The maximum absolute atomic E-state index is 8.56. The molecule has 0 rings (SSSR count). The quantitative estimate of drug-likeness (QED) is 0.392. The van der Waals surface area contributed by atoms with Crippen molar-refractivity contribution in [3.05, 3.63) is 0 Å². The minimum absolute atomic E-state index is 0. The van der Waals surface area contributed by atoms with Crippen LogP contribution in [0.2, 0.25) is 0 Å². The van der Waals surface area contributed by atoms with Gasteiger partial charge in [-0.05, 0) is 0 Å². The molecule has 0 saturated heterocycles. The first-order valence-electron chi connectivity index (χ1n) is 1.06. The average Bonchev–Trinajstić information content (AvgIpc) is 1.33. The molecule has 2 N–H and O–H groups in total. The van der Waals surface area contributed by atoms with E-state index in [0.29, 0.717) is 0 Å². The normalized spacial score (nSPS) is 4.00. The van der Waals surface area contributed by atoms with Gasteiger partial charge in [0, 0.05) is 0 Å². The van der Waals surface area contributed by atoms with Crippen molar-refractivity contribution in [1.29, 1.82) is 0 Å². The van der Waals surface area contributed by atoms with Gasteiger partial charge in [0.2, 0.25) is 0 Å². The topological polar surface area (TPSA) is 91.7 Å². The first-order chi connectivity index (χ1) is 3.15. The number of carboxylic acid groups (broad SMARTS) is 2. The third-order valence-electron chi connectivity index (χ3n) is 0. The van der Waals surface area contributed by atoms with Crippen LogP contribution >= 0.6 is 0 Å². The summed E-state index contributed by atoms with van der Waals surface area (Å²) in [5.74, 6) is 0. The number of rotatable bonds is 0. The summed E-state index contributed by atoms with van der Waals surface area (Å²) < 4.78 is 17.0. The molecule has 8 heavy (non-hydrogen) atoms. The molecule has 0 radical (unpaired) electrons. The molecule has 0 heterocycles. The van der Waals surface area contributed by atoms with Crippen molar-refractivity contribution in [1.82, 2.24) is 0 Å². The summed E-state index contributed by atoms with van der Waals surface area (Å²) >= 11 is -2.00. The molecule has 0 saturated carbocycles. The molecular formula is CH3KO5Ti. The third kappa shape index (κ3) is 188. The predicted octanol–water partition coefficient (Wildman–Crippen LogP) is -2.90. The molecule has 0 aliphatic rings. The molecule has 0 aromatic carbocycles. The summed E-state index contributed by atoms with van der Waals surface area (Å²) in [6.45, 7) is 0. The van der Waals surface area contributed by atoms with Crippen LogP contribution in [0.25, 0.3) is 0 Å². The molecule has 0 aromatic rings. The van der Waals surface area contributed by atoms with Crippen LogP contribution in [0, 0.1) is 0 Å². The van der Waals surface area contributed by atoms with E-state index in [-0.39, 0.29) is 52.8 Å². The fourth-order valence-corrected chi connectivity index (χ4v) is 0. The Morgan fingerprint density at radius 1 is 1.38 bits per heavy atom. The zero-order chi connectivity index (χ0) is 6.28. The summed E-state index contributed by atoms with van der Waals surface area (Å²) in [7, 11) is 0. The Labute approximate surface area is 97.9 Å². The second kappa shape index (κ2) is 15.7. The van der Waals surface area contributed by atoms with Crippen LogP contribution in [-0.4, -0.2) is 16.4 Å². The molecule has 0 aliphatic carbocycles. The summed E-state index contributed by atoms with van der Waals surface area (Å²) in [5.41, 5.74) is 0. The Morgan fingerprint density at radius 2 is 1.38 bits per heavy atom. The number of hydrogen-bond donors (Lipinski definition) is 2. The number of carbonyl (C=O) groups is 1. The van der Waals surface area contributed by atoms with Crippen molar-refractivity contribution >= 4 is 6.16 Å². The Bertz CT molecular complexity index is 85.0. The molecule has 0 atom stereocenters. The molecular weight excluding hydrogens is 179 g/mol. The van der Waals surface area contributed by atoms with Gasteiger partial charge in [0.25, 0.3) is 0 Å². The van der Waals surface area contributed by atoms with E-state index in [0.717, 1.165) is 0 Å². The summed E-state index contributed by atoms with van der Waals surface area (Å²) in [5, 5.41) is 13.9. The van der Waals surface area contributed by atoms with E-state index in [9.17, 15) is 0 Å². The van der Waals surface area contributed by atoms with E-state index in [1.54, 1.807) is 0 Å². The van der Waals surface area contributed by atoms with Crippen LogP contribution in [0.1, 0.15) is 1.43 Å². The fourth-order valence-electron chi connectivity index (χ4n) is 0. The fraction of sp³-hybridized carbons (Fsp3) is 0. The van der Waals surface area contributed by atoms with Crippen molar-refractivity contribution in [2.24, 2.45) is 0 Å². The zero-order valence-electron chi connectivity index (χ0n) is 5.12. The van der Waals surface area contributed by atoms with E-state index >= 15 is 0 Å². The minimum atomic E-state index is -2.00. The first kappa shape index (κ1) is 16.1. The van der Waals surface area contributed by atoms with Crippen molar-refractivity contribution in [3.63, 3.8) is 0 Å². The summed E-state index contributed by atoms with van der Waals surface area (Å²) in [4.78, 5) is 8.56. The molecule has 0 spiro atoms. The summed E-state index contributed by atoms with van der Waals surface area (Å²) in [6.07, 6.45) is -1.83. The SMILES string of the molecule is O=C(O)O.[H-].[K+].[O]=[Ti]=[O]. The Balaban J connectivity index is -0.0000000233. The average molecular weight is 182 g/mol.